The summed E-state index contributed by atoms with van der Waals surface area (Å²) < 4.78 is 15.5. The molecule has 31 heavy (non-hydrogen) atoms. The van der Waals surface area contributed by atoms with Gasteiger partial charge in [-0.05, 0) is 35.2 Å². The molecule has 2 aromatic heterocycles. The fourth-order valence-electron chi connectivity index (χ4n) is 3.23. The fraction of sp³-hybridized carbons (Fsp3) is 0.167. The molecule has 0 N–H and O–H groups in total. The first-order valence-electron chi connectivity index (χ1n) is 9.93. The average Bonchev–Trinajstić information content (AvgIpc) is 2.79. The van der Waals surface area contributed by atoms with E-state index in [1.165, 1.54) is 35.8 Å². The van der Waals surface area contributed by atoms with Gasteiger partial charge < -0.3 is 4.57 Å². The Labute approximate surface area is 184 Å². The maximum absolute atomic E-state index is 13.5. The van der Waals surface area contributed by atoms with Crippen LogP contribution in [0, 0.1) is 5.82 Å². The van der Waals surface area contributed by atoms with Crippen LogP contribution < -0.4 is 5.56 Å². The summed E-state index contributed by atoms with van der Waals surface area (Å²) in [6.07, 6.45) is 7.98. The minimum absolute atomic E-state index is 0.262. The van der Waals surface area contributed by atoms with E-state index in [4.69, 9.17) is 0 Å². The molecule has 0 bridgehead atoms. The number of aryl methyl sites for hydroxylation is 2. The number of aromatic nitrogens is 4. The van der Waals surface area contributed by atoms with Crippen LogP contribution in [0.3, 0.4) is 0 Å². The molecule has 0 spiro atoms. The Morgan fingerprint density at radius 2 is 1.71 bits per heavy atom. The van der Waals surface area contributed by atoms with E-state index in [2.05, 4.69) is 27.1 Å². The van der Waals surface area contributed by atoms with Crippen LogP contribution in [-0.4, -0.2) is 19.5 Å². The lowest BCUT2D eigenvalue weighted by Gasteiger charge is -2.14. The summed E-state index contributed by atoms with van der Waals surface area (Å²) in [7, 11) is 0. The van der Waals surface area contributed by atoms with E-state index in [0.29, 0.717) is 29.4 Å². The summed E-state index contributed by atoms with van der Waals surface area (Å²) in [6.45, 7) is 0.682. The highest BCUT2D eigenvalue weighted by molar-refractivity contribution is 7.98. The van der Waals surface area contributed by atoms with Gasteiger partial charge >= 0.3 is 0 Å². The third-order valence-corrected chi connectivity index (χ3v) is 5.84. The molecule has 0 unspecified atom stereocenters. The molecule has 4 rings (SSSR count). The number of nitrogens with zero attached hydrogens (tertiary/aromatic N) is 4. The highest BCUT2D eigenvalue weighted by Gasteiger charge is 2.11. The molecule has 0 atom stereocenters. The Balaban J connectivity index is 1.59. The fourth-order valence-corrected chi connectivity index (χ4v) is 4.16. The van der Waals surface area contributed by atoms with Crippen LogP contribution in [0.25, 0.3) is 0 Å². The maximum Gasteiger partial charge on any atom is 0.277 e. The zero-order chi connectivity index (χ0) is 21.5. The van der Waals surface area contributed by atoms with E-state index in [1.54, 1.807) is 18.5 Å². The van der Waals surface area contributed by atoms with Crippen molar-refractivity contribution in [2.75, 3.05) is 0 Å². The average molecular weight is 433 g/mol. The van der Waals surface area contributed by atoms with E-state index < -0.39 is 0 Å². The van der Waals surface area contributed by atoms with Gasteiger partial charge in [0.2, 0.25) is 0 Å². The molecule has 0 fully saturated rings. The van der Waals surface area contributed by atoms with Crippen molar-refractivity contribution in [3.8, 4) is 0 Å². The predicted octanol–water partition coefficient (Wildman–Crippen LogP) is 4.30. The van der Waals surface area contributed by atoms with Crippen molar-refractivity contribution >= 4 is 11.8 Å². The summed E-state index contributed by atoms with van der Waals surface area (Å²) >= 11 is 1.43. The van der Waals surface area contributed by atoms with Gasteiger partial charge in [-0.2, -0.15) is 4.98 Å². The van der Waals surface area contributed by atoms with Gasteiger partial charge in [-0.15, -0.1) is 0 Å². The second-order valence-electron chi connectivity index (χ2n) is 7.12. The summed E-state index contributed by atoms with van der Waals surface area (Å²) in [5.74, 6) is 0.259. The van der Waals surface area contributed by atoms with Gasteiger partial charge in [0.25, 0.3) is 5.56 Å². The van der Waals surface area contributed by atoms with E-state index in [1.807, 2.05) is 35.0 Å². The van der Waals surface area contributed by atoms with Gasteiger partial charge in [0.05, 0.1) is 0 Å². The van der Waals surface area contributed by atoms with Crippen molar-refractivity contribution in [1.82, 2.24) is 19.5 Å². The molecule has 0 saturated carbocycles. The largest absolute Gasteiger partial charge is 0.327 e. The maximum atomic E-state index is 13.5. The van der Waals surface area contributed by atoms with Crippen molar-refractivity contribution in [1.29, 1.82) is 0 Å². The predicted molar refractivity (Wildman–Crippen MR) is 119 cm³/mol. The lowest BCUT2D eigenvalue weighted by Crippen LogP contribution is -2.20. The number of hydrogen-bond donors (Lipinski definition) is 0. The molecule has 156 valence electrons. The number of thioether (sulfide) groups is 1. The molecule has 0 radical (unpaired) electrons. The molecule has 2 heterocycles. The van der Waals surface area contributed by atoms with Crippen molar-refractivity contribution in [2.45, 2.75) is 30.3 Å². The summed E-state index contributed by atoms with van der Waals surface area (Å²) in [5, 5.41) is 0.623. The molecular weight excluding hydrogens is 411 g/mol. The summed E-state index contributed by atoms with van der Waals surface area (Å²) in [6, 6.07) is 16.7. The lowest BCUT2D eigenvalue weighted by atomic mass is 10.1. The second-order valence-corrected chi connectivity index (χ2v) is 8.07. The van der Waals surface area contributed by atoms with Crippen molar-refractivity contribution in [3.05, 3.63) is 118 Å². The molecule has 0 aliphatic carbocycles. The van der Waals surface area contributed by atoms with Gasteiger partial charge in [0.15, 0.2) is 5.16 Å². The van der Waals surface area contributed by atoms with Crippen LogP contribution >= 0.6 is 11.8 Å². The summed E-state index contributed by atoms with van der Waals surface area (Å²) in [5.41, 5.74) is 3.25. The van der Waals surface area contributed by atoms with Crippen molar-refractivity contribution < 1.29 is 4.39 Å². The Kier molecular flexibility index (Phi) is 6.84. The number of rotatable bonds is 8. The molecule has 0 aliphatic rings. The topological polar surface area (TPSA) is 60.7 Å². The highest BCUT2D eigenvalue weighted by atomic mass is 32.2. The van der Waals surface area contributed by atoms with E-state index in [9.17, 15) is 9.18 Å². The SMILES string of the molecule is O=c1nc(SCc2cccc(F)c2)n(CCc2ccccc2)cc1Cc1cncnc1. The zero-order valence-electron chi connectivity index (χ0n) is 16.8. The molecule has 0 aliphatic heterocycles. The normalized spacial score (nSPS) is 10.9. The monoisotopic (exact) mass is 432 g/mol. The van der Waals surface area contributed by atoms with Gasteiger partial charge in [0.1, 0.15) is 12.1 Å². The van der Waals surface area contributed by atoms with Crippen molar-refractivity contribution in [3.63, 3.8) is 0 Å². The van der Waals surface area contributed by atoms with Crippen LogP contribution in [0.15, 0.2) is 89.5 Å². The molecular formula is C24H21FN4OS. The number of benzene rings is 2. The van der Waals surface area contributed by atoms with Gasteiger partial charge in [-0.1, -0.05) is 54.2 Å². The van der Waals surface area contributed by atoms with E-state index >= 15 is 0 Å². The highest BCUT2D eigenvalue weighted by Crippen LogP contribution is 2.22. The molecule has 2 aromatic carbocycles. The third-order valence-electron chi connectivity index (χ3n) is 4.78. The van der Waals surface area contributed by atoms with Crippen LogP contribution in [-0.2, 0) is 25.1 Å². The molecule has 4 aromatic rings. The van der Waals surface area contributed by atoms with Gasteiger partial charge in [-0.3, -0.25) is 4.79 Å². The Bertz CT molecular complexity index is 1200. The quantitative estimate of drug-likeness (QED) is 0.307. The lowest BCUT2D eigenvalue weighted by molar-refractivity contribution is 0.595. The molecule has 0 amide bonds. The second kappa shape index (κ2) is 10.1. The smallest absolute Gasteiger partial charge is 0.277 e. The van der Waals surface area contributed by atoms with E-state index in [-0.39, 0.29) is 11.4 Å². The van der Waals surface area contributed by atoms with Gasteiger partial charge in [0, 0.05) is 42.9 Å². The Morgan fingerprint density at radius 1 is 0.935 bits per heavy atom. The van der Waals surface area contributed by atoms with E-state index in [0.717, 1.165) is 17.5 Å². The zero-order valence-corrected chi connectivity index (χ0v) is 17.6. The molecule has 5 nitrogen and oxygen atoms in total. The van der Waals surface area contributed by atoms with Crippen molar-refractivity contribution in [2.24, 2.45) is 0 Å². The van der Waals surface area contributed by atoms with Crippen LogP contribution in [0.4, 0.5) is 4.39 Å². The molecule has 7 heteroatoms. The number of hydrogen-bond acceptors (Lipinski definition) is 5. The van der Waals surface area contributed by atoms with Crippen LogP contribution in [0.2, 0.25) is 0 Å². The minimum atomic E-state index is -0.270. The van der Waals surface area contributed by atoms with Crippen LogP contribution in [0.1, 0.15) is 22.3 Å². The number of halogens is 1. The minimum Gasteiger partial charge on any atom is -0.327 e. The standard InChI is InChI=1S/C24H21FN4OS/c25-22-8-4-7-19(12-22)16-31-24-28-23(30)21(11-20-13-26-17-27-14-20)15-29(24)10-9-18-5-2-1-3-6-18/h1-8,12-15,17H,9-11,16H2. The first kappa shape index (κ1) is 20.9. The van der Waals surface area contributed by atoms with Crippen LogP contribution in [0.5, 0.6) is 0 Å². The third kappa shape index (κ3) is 5.86. The Hall–Kier alpha value is -3.32. The first-order chi connectivity index (χ1) is 15.2. The summed E-state index contributed by atoms with van der Waals surface area (Å²) in [4.78, 5) is 25.1. The molecule has 0 saturated heterocycles. The first-order valence-corrected chi connectivity index (χ1v) is 10.9. The van der Waals surface area contributed by atoms with Gasteiger partial charge in [-0.25, -0.2) is 14.4 Å². The Morgan fingerprint density at radius 3 is 2.48 bits per heavy atom.